The molecule has 0 aliphatic carbocycles. The number of carbonyl (C=O) groups excluding carboxylic acids is 2. The lowest BCUT2D eigenvalue weighted by molar-refractivity contribution is -0.121. The van der Waals surface area contributed by atoms with Gasteiger partial charge in [0.2, 0.25) is 5.91 Å². The summed E-state index contributed by atoms with van der Waals surface area (Å²) in [4.78, 5) is 26.6. The largest absolute Gasteiger partial charge is 0.449 e. The number of amides is 2. The number of nitrogens with one attached hydrogen (secondary N) is 1. The van der Waals surface area contributed by atoms with Gasteiger partial charge in [-0.25, -0.2) is 4.79 Å². The van der Waals surface area contributed by atoms with Crippen molar-refractivity contribution < 1.29 is 14.3 Å². The zero-order chi connectivity index (χ0) is 15.9. The average Bonchev–Trinajstić information content (AvgIpc) is 2.98. The Hall–Kier alpha value is -1.56. The third-order valence-corrected chi connectivity index (χ3v) is 4.45. The summed E-state index contributed by atoms with van der Waals surface area (Å²) >= 11 is 1.60. The van der Waals surface area contributed by atoms with E-state index in [1.165, 1.54) is 0 Å². The Labute approximate surface area is 135 Å². The highest BCUT2D eigenvalue weighted by Gasteiger charge is 2.24. The highest BCUT2D eigenvalue weighted by molar-refractivity contribution is 7.10. The fraction of sp³-hybridized carbons (Fsp3) is 0.625. The molecule has 1 N–H and O–H groups in total. The summed E-state index contributed by atoms with van der Waals surface area (Å²) in [5.74, 6) is 0.404. The molecule has 0 bridgehead atoms. The molecule has 0 radical (unpaired) electrons. The summed E-state index contributed by atoms with van der Waals surface area (Å²) in [5.41, 5.74) is 0. The maximum atomic E-state index is 12.0. The van der Waals surface area contributed by atoms with E-state index in [1.807, 2.05) is 31.4 Å². The van der Waals surface area contributed by atoms with Crippen molar-refractivity contribution in [3.63, 3.8) is 0 Å². The summed E-state index contributed by atoms with van der Waals surface area (Å²) in [6, 6.07) is 4.08. The number of likely N-dealkylation sites (tertiary alicyclic amines) is 1. The first kappa shape index (κ1) is 16.8. The normalized spacial score (nSPS) is 15.9. The van der Waals surface area contributed by atoms with Gasteiger partial charge in [0.05, 0.1) is 13.0 Å². The van der Waals surface area contributed by atoms with Crippen molar-refractivity contribution in [1.82, 2.24) is 10.2 Å². The molecule has 1 aromatic heterocycles. The van der Waals surface area contributed by atoms with Crippen LogP contribution >= 0.6 is 11.3 Å². The van der Waals surface area contributed by atoms with Gasteiger partial charge in [0, 0.05) is 24.0 Å². The Morgan fingerprint density at radius 2 is 2.14 bits per heavy atom. The minimum Gasteiger partial charge on any atom is -0.449 e. The smallest absolute Gasteiger partial charge is 0.409 e. The van der Waals surface area contributed by atoms with Crippen molar-refractivity contribution in [1.29, 1.82) is 0 Å². The molecule has 1 aromatic rings. The van der Waals surface area contributed by atoms with Gasteiger partial charge in [-0.15, -0.1) is 11.3 Å². The second kappa shape index (κ2) is 8.17. The van der Waals surface area contributed by atoms with Gasteiger partial charge in [0.25, 0.3) is 0 Å². The maximum Gasteiger partial charge on any atom is 0.409 e. The molecule has 0 aromatic carbocycles. The molecule has 22 heavy (non-hydrogen) atoms. The van der Waals surface area contributed by atoms with Gasteiger partial charge < -0.3 is 15.0 Å². The summed E-state index contributed by atoms with van der Waals surface area (Å²) in [6.07, 6.45) is 1.77. The van der Waals surface area contributed by atoms with Crippen molar-refractivity contribution in [2.45, 2.75) is 39.2 Å². The molecular formula is C16H24N2O3S. The average molecular weight is 324 g/mol. The number of carbonyl (C=O) groups is 2. The highest BCUT2D eigenvalue weighted by atomic mass is 32.1. The Kier molecular flexibility index (Phi) is 6.24. The van der Waals surface area contributed by atoms with Crippen molar-refractivity contribution >= 4 is 23.3 Å². The lowest BCUT2D eigenvalue weighted by atomic mass is 10.1. The van der Waals surface area contributed by atoms with Crippen LogP contribution in [0.4, 0.5) is 4.79 Å². The molecule has 2 rings (SSSR count). The predicted molar refractivity (Wildman–Crippen MR) is 86.9 cm³/mol. The third-order valence-electron chi connectivity index (χ3n) is 3.57. The van der Waals surface area contributed by atoms with Crippen molar-refractivity contribution in [3.05, 3.63) is 22.4 Å². The fourth-order valence-corrected chi connectivity index (χ4v) is 3.09. The summed E-state index contributed by atoms with van der Waals surface area (Å²) in [6.45, 7) is 5.77. The quantitative estimate of drug-likeness (QED) is 0.906. The number of hydrogen-bond acceptors (Lipinski definition) is 4. The second-order valence-corrected chi connectivity index (χ2v) is 7.09. The number of rotatable bonds is 5. The lowest BCUT2D eigenvalue weighted by Crippen LogP contribution is -2.47. The summed E-state index contributed by atoms with van der Waals surface area (Å²) in [7, 11) is 0. The Balaban J connectivity index is 1.68. The van der Waals surface area contributed by atoms with E-state index in [0.29, 0.717) is 32.0 Å². The van der Waals surface area contributed by atoms with E-state index in [2.05, 4.69) is 5.32 Å². The van der Waals surface area contributed by atoms with Gasteiger partial charge >= 0.3 is 6.09 Å². The van der Waals surface area contributed by atoms with Gasteiger partial charge in [0.1, 0.15) is 0 Å². The predicted octanol–water partition coefficient (Wildman–Crippen LogP) is 2.66. The SMILES string of the molecule is CC(C)COC(=O)N1CCC(NC(=O)Cc2cccs2)CC1. The van der Waals surface area contributed by atoms with Crippen LogP contribution < -0.4 is 5.32 Å². The minimum absolute atomic E-state index is 0.0586. The maximum absolute atomic E-state index is 12.0. The molecule has 1 fully saturated rings. The number of ether oxygens (including phenoxy) is 1. The second-order valence-electron chi connectivity index (χ2n) is 6.06. The van der Waals surface area contributed by atoms with E-state index >= 15 is 0 Å². The van der Waals surface area contributed by atoms with Gasteiger partial charge in [-0.05, 0) is 30.2 Å². The standard InChI is InChI=1S/C16H24N2O3S/c1-12(2)11-21-16(20)18-7-5-13(6-8-18)17-15(19)10-14-4-3-9-22-14/h3-4,9,12-13H,5-8,10-11H2,1-2H3,(H,17,19). The van der Waals surface area contributed by atoms with E-state index in [1.54, 1.807) is 16.2 Å². The zero-order valence-corrected chi connectivity index (χ0v) is 14.0. The van der Waals surface area contributed by atoms with E-state index in [0.717, 1.165) is 17.7 Å². The molecule has 0 saturated carbocycles. The molecule has 2 amide bonds. The first-order valence-electron chi connectivity index (χ1n) is 7.78. The Morgan fingerprint density at radius 3 is 2.73 bits per heavy atom. The molecule has 1 aliphatic rings. The summed E-state index contributed by atoms with van der Waals surface area (Å²) < 4.78 is 5.23. The zero-order valence-electron chi connectivity index (χ0n) is 13.2. The Bertz CT molecular complexity index is 480. The van der Waals surface area contributed by atoms with Crippen LogP contribution in [0, 0.1) is 5.92 Å². The van der Waals surface area contributed by atoms with Crippen LogP contribution in [0.2, 0.25) is 0 Å². The Morgan fingerprint density at radius 1 is 1.41 bits per heavy atom. The molecule has 0 unspecified atom stereocenters. The first-order valence-corrected chi connectivity index (χ1v) is 8.66. The molecular weight excluding hydrogens is 300 g/mol. The van der Waals surface area contributed by atoms with Gasteiger partial charge in [0.15, 0.2) is 0 Å². The lowest BCUT2D eigenvalue weighted by Gasteiger charge is -2.31. The first-order chi connectivity index (χ1) is 10.5. The molecule has 1 saturated heterocycles. The van der Waals surface area contributed by atoms with Crippen LogP contribution in [-0.2, 0) is 16.0 Å². The molecule has 2 heterocycles. The number of piperidine rings is 1. The van der Waals surface area contributed by atoms with Crippen LogP contribution in [0.1, 0.15) is 31.6 Å². The van der Waals surface area contributed by atoms with Crippen LogP contribution in [-0.4, -0.2) is 42.6 Å². The van der Waals surface area contributed by atoms with E-state index in [4.69, 9.17) is 4.74 Å². The van der Waals surface area contributed by atoms with Crippen LogP contribution in [0.25, 0.3) is 0 Å². The summed E-state index contributed by atoms with van der Waals surface area (Å²) in [5, 5.41) is 5.03. The number of nitrogens with zero attached hydrogens (tertiary/aromatic N) is 1. The third kappa shape index (κ3) is 5.33. The topological polar surface area (TPSA) is 58.6 Å². The number of thiophene rings is 1. The van der Waals surface area contributed by atoms with Crippen LogP contribution in [0.15, 0.2) is 17.5 Å². The van der Waals surface area contributed by atoms with Crippen molar-refractivity contribution in [2.24, 2.45) is 5.92 Å². The molecule has 1 aliphatic heterocycles. The number of hydrogen-bond donors (Lipinski definition) is 1. The van der Waals surface area contributed by atoms with E-state index < -0.39 is 0 Å². The van der Waals surface area contributed by atoms with Crippen LogP contribution in [0.3, 0.4) is 0 Å². The fourth-order valence-electron chi connectivity index (χ4n) is 2.39. The monoisotopic (exact) mass is 324 g/mol. The van der Waals surface area contributed by atoms with Crippen molar-refractivity contribution in [3.8, 4) is 0 Å². The van der Waals surface area contributed by atoms with Gasteiger partial charge in [-0.2, -0.15) is 0 Å². The molecule has 0 spiro atoms. The molecule has 0 atom stereocenters. The van der Waals surface area contributed by atoms with Gasteiger partial charge in [-0.3, -0.25) is 4.79 Å². The minimum atomic E-state index is -0.239. The molecule has 5 nitrogen and oxygen atoms in total. The highest BCUT2D eigenvalue weighted by Crippen LogP contribution is 2.13. The molecule has 6 heteroatoms. The van der Waals surface area contributed by atoms with Crippen molar-refractivity contribution in [2.75, 3.05) is 19.7 Å². The van der Waals surface area contributed by atoms with E-state index in [9.17, 15) is 9.59 Å². The van der Waals surface area contributed by atoms with Gasteiger partial charge in [-0.1, -0.05) is 19.9 Å². The van der Waals surface area contributed by atoms with E-state index in [-0.39, 0.29) is 18.0 Å². The molecule has 122 valence electrons. The van der Waals surface area contributed by atoms with Crippen LogP contribution in [0.5, 0.6) is 0 Å².